The van der Waals surface area contributed by atoms with Crippen LogP contribution in [0.5, 0.6) is 5.88 Å². The van der Waals surface area contributed by atoms with Crippen molar-refractivity contribution in [1.29, 1.82) is 0 Å². The number of aliphatic hydroxyl groups is 1. The average Bonchev–Trinajstić information content (AvgIpc) is 2.75. The molecule has 0 radical (unpaired) electrons. The van der Waals surface area contributed by atoms with E-state index in [1.165, 1.54) is 0 Å². The number of hydrogen-bond donors (Lipinski definition) is 1. The van der Waals surface area contributed by atoms with Gasteiger partial charge in [0.25, 0.3) is 0 Å². The summed E-state index contributed by atoms with van der Waals surface area (Å²) >= 11 is 1.59. The van der Waals surface area contributed by atoms with Gasteiger partial charge in [0.2, 0.25) is 5.88 Å². The Morgan fingerprint density at radius 1 is 1.47 bits per heavy atom. The molecule has 4 nitrogen and oxygen atoms in total. The highest BCUT2D eigenvalue weighted by atomic mass is 32.1. The molecule has 2 rings (SSSR count). The summed E-state index contributed by atoms with van der Waals surface area (Å²) in [5.74, 6) is 0.547. The molecule has 2 heterocycles. The van der Waals surface area contributed by atoms with Crippen LogP contribution in [0.1, 0.15) is 22.4 Å². The number of rotatable bonds is 4. The smallest absolute Gasteiger partial charge is 0.212 e. The molecule has 2 aromatic rings. The lowest BCUT2D eigenvalue weighted by Gasteiger charge is -2.09. The summed E-state index contributed by atoms with van der Waals surface area (Å²) in [5, 5.41) is 13.0. The first kappa shape index (κ1) is 12.0. The zero-order chi connectivity index (χ0) is 12.3. The van der Waals surface area contributed by atoms with Crippen LogP contribution in [0.15, 0.2) is 23.7 Å². The first-order valence-electron chi connectivity index (χ1n) is 5.28. The Morgan fingerprint density at radius 3 is 2.82 bits per heavy atom. The third kappa shape index (κ3) is 3.01. The Bertz CT molecular complexity index is 482. The topological polar surface area (TPSA) is 55.2 Å². The van der Waals surface area contributed by atoms with Gasteiger partial charge in [-0.05, 0) is 18.6 Å². The average molecular weight is 250 g/mol. The lowest BCUT2D eigenvalue weighted by molar-refractivity contribution is 0.177. The lowest BCUT2D eigenvalue weighted by atomic mass is 10.1. The predicted molar refractivity (Wildman–Crippen MR) is 66.3 cm³/mol. The van der Waals surface area contributed by atoms with Crippen LogP contribution in [0, 0.1) is 6.92 Å². The second-order valence-corrected chi connectivity index (χ2v) is 4.77. The summed E-state index contributed by atoms with van der Waals surface area (Å²) in [5.41, 5.74) is 1.69. The van der Waals surface area contributed by atoms with Gasteiger partial charge in [-0.25, -0.2) is 9.97 Å². The molecule has 1 unspecified atom stereocenters. The van der Waals surface area contributed by atoms with Crippen LogP contribution in [0.3, 0.4) is 0 Å². The van der Waals surface area contributed by atoms with E-state index in [1.54, 1.807) is 30.7 Å². The molecule has 2 aromatic heterocycles. The van der Waals surface area contributed by atoms with Crippen molar-refractivity contribution in [2.75, 3.05) is 7.11 Å². The molecule has 0 bridgehead atoms. The number of aryl methyl sites for hydroxylation is 1. The van der Waals surface area contributed by atoms with Gasteiger partial charge < -0.3 is 9.84 Å². The van der Waals surface area contributed by atoms with E-state index in [1.807, 2.05) is 18.4 Å². The van der Waals surface area contributed by atoms with Gasteiger partial charge in [-0.2, -0.15) is 0 Å². The number of aliphatic hydroxyl groups excluding tert-OH is 1. The molecule has 5 heteroatoms. The summed E-state index contributed by atoms with van der Waals surface area (Å²) in [6, 6.07) is 3.56. The van der Waals surface area contributed by atoms with Crippen LogP contribution >= 0.6 is 11.3 Å². The van der Waals surface area contributed by atoms with E-state index in [2.05, 4.69) is 9.97 Å². The van der Waals surface area contributed by atoms with E-state index < -0.39 is 6.10 Å². The maximum atomic E-state index is 10.0. The zero-order valence-corrected chi connectivity index (χ0v) is 10.6. The van der Waals surface area contributed by atoms with Crippen LogP contribution in [-0.2, 0) is 6.42 Å². The summed E-state index contributed by atoms with van der Waals surface area (Å²) in [4.78, 5) is 8.39. The molecule has 0 fully saturated rings. The summed E-state index contributed by atoms with van der Waals surface area (Å²) in [7, 11) is 1.57. The maximum Gasteiger partial charge on any atom is 0.212 e. The Kier molecular flexibility index (Phi) is 3.71. The van der Waals surface area contributed by atoms with E-state index in [0.717, 1.165) is 16.3 Å². The van der Waals surface area contributed by atoms with Gasteiger partial charge in [-0.3, -0.25) is 0 Å². The number of methoxy groups -OCH3 is 1. The highest BCUT2D eigenvalue weighted by molar-refractivity contribution is 7.09. The summed E-state index contributed by atoms with van der Waals surface area (Å²) < 4.78 is 4.97. The fraction of sp³-hybridized carbons (Fsp3) is 0.333. The molecule has 0 saturated carbocycles. The Balaban J connectivity index is 2.06. The van der Waals surface area contributed by atoms with Crippen LogP contribution < -0.4 is 4.74 Å². The van der Waals surface area contributed by atoms with Crippen molar-refractivity contribution < 1.29 is 9.84 Å². The molecule has 0 aromatic carbocycles. The maximum absolute atomic E-state index is 10.0. The number of pyridine rings is 1. The van der Waals surface area contributed by atoms with Crippen molar-refractivity contribution in [2.45, 2.75) is 19.4 Å². The highest BCUT2D eigenvalue weighted by Crippen LogP contribution is 2.20. The molecule has 0 spiro atoms. The van der Waals surface area contributed by atoms with E-state index in [0.29, 0.717) is 12.3 Å². The van der Waals surface area contributed by atoms with Crippen molar-refractivity contribution in [3.63, 3.8) is 0 Å². The standard InChI is InChI=1S/C12H14N2O2S/c1-8-14-10(7-17-8)5-11(15)9-3-4-12(16-2)13-6-9/h3-4,6-7,11,15H,5H2,1-2H3. The number of thiazole rings is 1. The number of hydrogen-bond acceptors (Lipinski definition) is 5. The van der Waals surface area contributed by atoms with Gasteiger partial charge in [0.15, 0.2) is 0 Å². The van der Waals surface area contributed by atoms with Gasteiger partial charge in [-0.1, -0.05) is 0 Å². The molecule has 0 aliphatic rings. The molecule has 0 saturated heterocycles. The Morgan fingerprint density at radius 2 is 2.29 bits per heavy atom. The Labute approximate surface area is 104 Å². The first-order chi connectivity index (χ1) is 8.19. The second-order valence-electron chi connectivity index (χ2n) is 3.71. The molecule has 1 N–H and O–H groups in total. The molecule has 17 heavy (non-hydrogen) atoms. The van der Waals surface area contributed by atoms with E-state index in [-0.39, 0.29) is 0 Å². The highest BCUT2D eigenvalue weighted by Gasteiger charge is 2.11. The van der Waals surface area contributed by atoms with Gasteiger partial charge in [0.05, 0.1) is 23.9 Å². The Hall–Kier alpha value is -1.46. The van der Waals surface area contributed by atoms with Gasteiger partial charge in [-0.15, -0.1) is 11.3 Å². The summed E-state index contributed by atoms with van der Waals surface area (Å²) in [6.07, 6.45) is 1.57. The van der Waals surface area contributed by atoms with Crippen molar-refractivity contribution in [3.05, 3.63) is 40.0 Å². The minimum atomic E-state index is -0.574. The van der Waals surface area contributed by atoms with Crippen LogP contribution in [0.25, 0.3) is 0 Å². The molecule has 1 atom stereocenters. The third-order valence-corrected chi connectivity index (χ3v) is 3.24. The second kappa shape index (κ2) is 5.25. The minimum Gasteiger partial charge on any atom is -0.481 e. The number of ether oxygens (including phenoxy) is 1. The minimum absolute atomic E-state index is 0.512. The normalized spacial score (nSPS) is 12.4. The largest absolute Gasteiger partial charge is 0.481 e. The van der Waals surface area contributed by atoms with E-state index in [4.69, 9.17) is 4.74 Å². The summed E-state index contributed by atoms with van der Waals surface area (Å²) in [6.45, 7) is 1.95. The van der Waals surface area contributed by atoms with Crippen molar-refractivity contribution in [3.8, 4) is 5.88 Å². The van der Waals surface area contributed by atoms with Gasteiger partial charge >= 0.3 is 0 Å². The molecular weight excluding hydrogens is 236 g/mol. The quantitative estimate of drug-likeness (QED) is 0.903. The molecular formula is C12H14N2O2S. The van der Waals surface area contributed by atoms with Crippen LogP contribution in [0.4, 0.5) is 0 Å². The molecule has 0 amide bonds. The fourth-order valence-corrected chi connectivity index (χ4v) is 2.15. The fourth-order valence-electron chi connectivity index (χ4n) is 1.53. The molecule has 0 aliphatic heterocycles. The van der Waals surface area contributed by atoms with E-state index >= 15 is 0 Å². The number of nitrogens with zero attached hydrogens (tertiary/aromatic N) is 2. The van der Waals surface area contributed by atoms with Gasteiger partial charge in [0, 0.05) is 24.1 Å². The number of aromatic nitrogens is 2. The lowest BCUT2D eigenvalue weighted by Crippen LogP contribution is -2.03. The SMILES string of the molecule is COc1ccc(C(O)Cc2csc(C)n2)cn1. The van der Waals surface area contributed by atoms with Gasteiger partial charge in [0.1, 0.15) is 0 Å². The first-order valence-corrected chi connectivity index (χ1v) is 6.16. The van der Waals surface area contributed by atoms with E-state index in [9.17, 15) is 5.11 Å². The molecule has 90 valence electrons. The molecule has 0 aliphatic carbocycles. The van der Waals surface area contributed by atoms with Crippen molar-refractivity contribution in [1.82, 2.24) is 9.97 Å². The monoisotopic (exact) mass is 250 g/mol. The zero-order valence-electron chi connectivity index (χ0n) is 9.75. The van der Waals surface area contributed by atoms with Crippen LogP contribution in [0.2, 0.25) is 0 Å². The van der Waals surface area contributed by atoms with Crippen molar-refractivity contribution >= 4 is 11.3 Å². The third-order valence-electron chi connectivity index (χ3n) is 2.42. The van der Waals surface area contributed by atoms with Crippen molar-refractivity contribution in [2.24, 2.45) is 0 Å². The predicted octanol–water partition coefficient (Wildman–Crippen LogP) is 2.13. The van der Waals surface area contributed by atoms with Crippen LogP contribution in [-0.4, -0.2) is 22.2 Å².